The van der Waals surface area contributed by atoms with Crippen LogP contribution in [0, 0.1) is 6.92 Å². The van der Waals surface area contributed by atoms with E-state index in [9.17, 15) is 4.79 Å². The Balaban J connectivity index is 1.67. The number of carbonyl (C=O) groups excluding carboxylic acids is 1. The first-order valence-electron chi connectivity index (χ1n) is 7.91. The van der Waals surface area contributed by atoms with Gasteiger partial charge in [0.25, 0.3) is 5.91 Å². The van der Waals surface area contributed by atoms with Gasteiger partial charge < -0.3 is 4.90 Å². The average Bonchev–Trinajstić information content (AvgIpc) is 3.16. The standard InChI is InChI=1S/C18H22N2OS/c1-13-3-6-15(7-4-13)8-10-16-9-5-14(2)20(16)18(21)17-11-22-12-19-17/h3-4,6-7,11-12,14,16H,5,8-10H2,1-2H3/t14-,16-/m1/s1. The zero-order valence-electron chi connectivity index (χ0n) is 13.2. The van der Waals surface area contributed by atoms with E-state index >= 15 is 0 Å². The van der Waals surface area contributed by atoms with Gasteiger partial charge in [0.15, 0.2) is 0 Å². The molecule has 0 N–H and O–H groups in total. The van der Waals surface area contributed by atoms with Crippen molar-refractivity contribution in [3.8, 4) is 0 Å². The third-order valence-corrected chi connectivity index (χ3v) is 5.15. The van der Waals surface area contributed by atoms with Gasteiger partial charge in [-0.1, -0.05) is 29.8 Å². The van der Waals surface area contributed by atoms with Gasteiger partial charge in [-0.25, -0.2) is 4.98 Å². The molecule has 1 fully saturated rings. The summed E-state index contributed by atoms with van der Waals surface area (Å²) in [5, 5.41) is 1.85. The van der Waals surface area contributed by atoms with Crippen LogP contribution in [0.5, 0.6) is 0 Å². The highest BCUT2D eigenvalue weighted by Gasteiger charge is 2.35. The van der Waals surface area contributed by atoms with Crippen molar-refractivity contribution in [2.75, 3.05) is 0 Å². The molecule has 0 aliphatic carbocycles. The maximum absolute atomic E-state index is 12.7. The van der Waals surface area contributed by atoms with Gasteiger partial charge in [-0.15, -0.1) is 11.3 Å². The number of carbonyl (C=O) groups is 1. The third kappa shape index (κ3) is 3.22. The van der Waals surface area contributed by atoms with Crippen LogP contribution in [0.4, 0.5) is 0 Å². The Morgan fingerprint density at radius 3 is 2.77 bits per heavy atom. The highest BCUT2D eigenvalue weighted by molar-refractivity contribution is 7.07. The van der Waals surface area contributed by atoms with Crippen molar-refractivity contribution in [2.45, 2.75) is 51.6 Å². The lowest BCUT2D eigenvalue weighted by molar-refractivity contribution is 0.0667. The molecule has 3 rings (SSSR count). The van der Waals surface area contributed by atoms with E-state index in [1.165, 1.54) is 22.5 Å². The van der Waals surface area contributed by atoms with Crippen molar-refractivity contribution in [1.29, 1.82) is 0 Å². The van der Waals surface area contributed by atoms with Crippen LogP contribution in [-0.4, -0.2) is 27.9 Å². The van der Waals surface area contributed by atoms with Gasteiger partial charge in [0.05, 0.1) is 5.51 Å². The molecule has 1 aliphatic rings. The van der Waals surface area contributed by atoms with E-state index < -0.39 is 0 Å². The van der Waals surface area contributed by atoms with Crippen molar-refractivity contribution in [1.82, 2.24) is 9.88 Å². The third-order valence-electron chi connectivity index (χ3n) is 4.56. The quantitative estimate of drug-likeness (QED) is 0.852. The lowest BCUT2D eigenvalue weighted by atomic mass is 10.0. The maximum atomic E-state index is 12.7. The Bertz CT molecular complexity index is 621. The van der Waals surface area contributed by atoms with Crippen molar-refractivity contribution in [3.63, 3.8) is 0 Å². The van der Waals surface area contributed by atoms with E-state index in [1.807, 2.05) is 5.38 Å². The molecule has 2 heterocycles. The van der Waals surface area contributed by atoms with E-state index in [4.69, 9.17) is 0 Å². The molecular weight excluding hydrogens is 292 g/mol. The number of amides is 1. The van der Waals surface area contributed by atoms with Crippen LogP contribution in [0.3, 0.4) is 0 Å². The highest BCUT2D eigenvalue weighted by atomic mass is 32.1. The first-order chi connectivity index (χ1) is 10.6. The van der Waals surface area contributed by atoms with E-state index in [0.29, 0.717) is 17.8 Å². The zero-order chi connectivity index (χ0) is 15.5. The normalized spacial score (nSPS) is 21.3. The summed E-state index contributed by atoms with van der Waals surface area (Å²) >= 11 is 1.48. The molecule has 22 heavy (non-hydrogen) atoms. The molecule has 0 bridgehead atoms. The maximum Gasteiger partial charge on any atom is 0.273 e. The van der Waals surface area contributed by atoms with Gasteiger partial charge in [0.2, 0.25) is 0 Å². The van der Waals surface area contributed by atoms with E-state index in [0.717, 1.165) is 25.7 Å². The summed E-state index contributed by atoms with van der Waals surface area (Å²) in [6.07, 6.45) is 4.25. The van der Waals surface area contributed by atoms with Crippen molar-refractivity contribution < 1.29 is 4.79 Å². The molecule has 1 saturated heterocycles. The molecular formula is C18H22N2OS. The van der Waals surface area contributed by atoms with Crippen LogP contribution in [0.2, 0.25) is 0 Å². The van der Waals surface area contributed by atoms with E-state index in [2.05, 4.69) is 48.0 Å². The summed E-state index contributed by atoms with van der Waals surface area (Å²) in [5.74, 6) is 0.0974. The number of rotatable bonds is 4. The minimum Gasteiger partial charge on any atom is -0.332 e. The molecule has 116 valence electrons. The number of hydrogen-bond acceptors (Lipinski definition) is 3. The molecule has 0 spiro atoms. The molecule has 4 heteroatoms. The zero-order valence-corrected chi connectivity index (χ0v) is 14.0. The Hall–Kier alpha value is -1.68. The Morgan fingerprint density at radius 1 is 1.32 bits per heavy atom. The molecule has 2 atom stereocenters. The van der Waals surface area contributed by atoms with Crippen LogP contribution >= 0.6 is 11.3 Å². The number of benzene rings is 1. The Labute approximate surface area is 136 Å². The Kier molecular flexibility index (Phi) is 4.57. The monoisotopic (exact) mass is 314 g/mol. The highest BCUT2D eigenvalue weighted by Crippen LogP contribution is 2.29. The smallest absolute Gasteiger partial charge is 0.273 e. The summed E-state index contributed by atoms with van der Waals surface area (Å²) in [5.41, 5.74) is 4.97. The van der Waals surface area contributed by atoms with Crippen molar-refractivity contribution >= 4 is 17.2 Å². The predicted molar refractivity (Wildman–Crippen MR) is 90.3 cm³/mol. The fourth-order valence-corrected chi connectivity index (χ4v) is 3.79. The molecule has 3 nitrogen and oxygen atoms in total. The van der Waals surface area contributed by atoms with Crippen molar-refractivity contribution in [3.05, 3.63) is 52.0 Å². The minimum atomic E-state index is 0.0974. The van der Waals surface area contributed by atoms with E-state index in [-0.39, 0.29) is 5.91 Å². The number of hydrogen-bond donors (Lipinski definition) is 0. The first-order valence-corrected chi connectivity index (χ1v) is 8.86. The van der Waals surface area contributed by atoms with Crippen LogP contribution in [0.25, 0.3) is 0 Å². The van der Waals surface area contributed by atoms with Gasteiger partial charge in [0.1, 0.15) is 5.69 Å². The molecule has 1 aromatic carbocycles. The SMILES string of the molecule is Cc1ccc(CC[C@H]2CC[C@@H](C)N2C(=O)c2cscn2)cc1. The summed E-state index contributed by atoms with van der Waals surface area (Å²) in [7, 11) is 0. The van der Waals surface area contributed by atoms with Gasteiger partial charge in [-0.05, 0) is 45.1 Å². The number of likely N-dealkylation sites (tertiary alicyclic amines) is 1. The molecule has 0 unspecified atom stereocenters. The Morgan fingerprint density at radius 2 is 2.09 bits per heavy atom. The van der Waals surface area contributed by atoms with Crippen LogP contribution < -0.4 is 0 Å². The number of thiazole rings is 1. The molecule has 2 aromatic rings. The van der Waals surface area contributed by atoms with Gasteiger partial charge in [-0.3, -0.25) is 4.79 Å². The second-order valence-corrected chi connectivity index (χ2v) is 6.91. The second-order valence-electron chi connectivity index (χ2n) is 6.19. The number of aryl methyl sites for hydroxylation is 2. The van der Waals surface area contributed by atoms with E-state index in [1.54, 1.807) is 5.51 Å². The summed E-state index contributed by atoms with van der Waals surface area (Å²) in [4.78, 5) is 18.9. The predicted octanol–water partition coefficient (Wildman–Crippen LogP) is 4.08. The van der Waals surface area contributed by atoms with Gasteiger partial charge in [0, 0.05) is 17.5 Å². The lowest BCUT2D eigenvalue weighted by Crippen LogP contribution is -2.40. The topological polar surface area (TPSA) is 33.2 Å². The number of aromatic nitrogens is 1. The summed E-state index contributed by atoms with van der Waals surface area (Å²) in [6.45, 7) is 4.26. The summed E-state index contributed by atoms with van der Waals surface area (Å²) < 4.78 is 0. The fourth-order valence-electron chi connectivity index (χ4n) is 3.26. The van der Waals surface area contributed by atoms with Gasteiger partial charge in [-0.2, -0.15) is 0 Å². The summed E-state index contributed by atoms with van der Waals surface area (Å²) in [6, 6.07) is 9.36. The second kappa shape index (κ2) is 6.61. The minimum absolute atomic E-state index is 0.0974. The average molecular weight is 314 g/mol. The van der Waals surface area contributed by atoms with Crippen LogP contribution in [-0.2, 0) is 6.42 Å². The molecule has 1 amide bonds. The fraction of sp³-hybridized carbons (Fsp3) is 0.444. The molecule has 1 aliphatic heterocycles. The van der Waals surface area contributed by atoms with Crippen LogP contribution in [0.1, 0.15) is 47.8 Å². The van der Waals surface area contributed by atoms with Crippen LogP contribution in [0.15, 0.2) is 35.2 Å². The van der Waals surface area contributed by atoms with Crippen molar-refractivity contribution in [2.24, 2.45) is 0 Å². The van der Waals surface area contributed by atoms with Gasteiger partial charge >= 0.3 is 0 Å². The molecule has 0 saturated carbocycles. The lowest BCUT2D eigenvalue weighted by Gasteiger charge is -2.28. The molecule has 0 radical (unpaired) electrons. The molecule has 1 aromatic heterocycles. The largest absolute Gasteiger partial charge is 0.332 e. The first kappa shape index (κ1) is 15.2. The number of nitrogens with zero attached hydrogens (tertiary/aromatic N) is 2.